The first-order chi connectivity index (χ1) is 13.1. The average Bonchev–Trinajstić information content (AvgIpc) is 3.25. The number of fused-ring (bicyclic) bond motifs is 1. The molecule has 6 nitrogen and oxygen atoms in total. The van der Waals surface area contributed by atoms with Crippen LogP contribution in [-0.2, 0) is 0 Å². The summed E-state index contributed by atoms with van der Waals surface area (Å²) in [4.78, 5) is 14.3. The Hall–Kier alpha value is -3.25. The molecule has 2 heterocycles. The SMILES string of the molecule is Cc1c(C(N)=O)c(-c2cccc3ccccc23)cn1C1=CNCN1CCO. The molecule has 1 aliphatic rings. The average molecular weight is 362 g/mol. The smallest absolute Gasteiger partial charge is 0.251 e. The maximum Gasteiger partial charge on any atom is 0.251 e. The molecule has 4 N–H and O–H groups in total. The Morgan fingerprint density at radius 1 is 1.19 bits per heavy atom. The second kappa shape index (κ2) is 6.81. The van der Waals surface area contributed by atoms with Gasteiger partial charge in [0.2, 0.25) is 0 Å². The van der Waals surface area contributed by atoms with Crippen LogP contribution in [0.15, 0.2) is 54.9 Å². The number of aromatic nitrogens is 1. The van der Waals surface area contributed by atoms with Gasteiger partial charge in [-0.3, -0.25) is 4.79 Å². The van der Waals surface area contributed by atoms with Crippen molar-refractivity contribution in [1.29, 1.82) is 0 Å². The van der Waals surface area contributed by atoms with E-state index >= 15 is 0 Å². The third kappa shape index (κ3) is 2.84. The molecule has 0 fully saturated rings. The minimum absolute atomic E-state index is 0.0538. The van der Waals surface area contributed by atoms with Gasteiger partial charge in [-0.1, -0.05) is 42.5 Å². The molecular weight excluding hydrogens is 340 g/mol. The molecule has 0 saturated carbocycles. The molecule has 0 saturated heterocycles. The fourth-order valence-corrected chi connectivity index (χ4v) is 3.77. The van der Waals surface area contributed by atoms with E-state index < -0.39 is 5.91 Å². The molecule has 0 atom stereocenters. The Balaban J connectivity index is 1.93. The number of benzene rings is 2. The highest BCUT2D eigenvalue weighted by molar-refractivity contribution is 6.06. The summed E-state index contributed by atoms with van der Waals surface area (Å²) in [6.45, 7) is 3.07. The van der Waals surface area contributed by atoms with Crippen LogP contribution in [0.3, 0.4) is 0 Å². The molecule has 138 valence electrons. The summed E-state index contributed by atoms with van der Waals surface area (Å²) in [7, 11) is 0. The number of primary amides is 1. The zero-order chi connectivity index (χ0) is 19.0. The highest BCUT2D eigenvalue weighted by Gasteiger charge is 2.24. The lowest BCUT2D eigenvalue weighted by atomic mass is 9.96. The quantitative estimate of drug-likeness (QED) is 0.650. The first-order valence-corrected chi connectivity index (χ1v) is 8.91. The van der Waals surface area contributed by atoms with Crippen LogP contribution in [0.1, 0.15) is 16.1 Å². The van der Waals surface area contributed by atoms with Gasteiger partial charge in [0.15, 0.2) is 0 Å². The highest BCUT2D eigenvalue weighted by atomic mass is 16.3. The van der Waals surface area contributed by atoms with Crippen LogP contribution in [0.2, 0.25) is 0 Å². The molecule has 0 spiro atoms. The summed E-state index contributed by atoms with van der Waals surface area (Å²) in [5, 5.41) is 14.7. The zero-order valence-corrected chi connectivity index (χ0v) is 15.1. The lowest BCUT2D eigenvalue weighted by molar-refractivity contribution is 0.100. The number of hydrogen-bond donors (Lipinski definition) is 3. The Labute approximate surface area is 157 Å². The number of carbonyl (C=O) groups excluding carboxylic acids is 1. The van der Waals surface area contributed by atoms with Crippen LogP contribution in [0, 0.1) is 6.92 Å². The summed E-state index contributed by atoms with van der Waals surface area (Å²) < 4.78 is 1.97. The van der Waals surface area contributed by atoms with Crippen LogP contribution in [0.25, 0.3) is 27.7 Å². The predicted octanol–water partition coefficient (Wildman–Crippen LogP) is 2.33. The molecule has 2 aromatic carbocycles. The van der Waals surface area contributed by atoms with Crippen molar-refractivity contribution in [3.63, 3.8) is 0 Å². The number of aliphatic hydroxyl groups excluding tert-OH is 1. The van der Waals surface area contributed by atoms with Crippen molar-refractivity contribution in [3.8, 4) is 11.1 Å². The molecule has 27 heavy (non-hydrogen) atoms. The van der Waals surface area contributed by atoms with Gasteiger partial charge in [-0.15, -0.1) is 0 Å². The van der Waals surface area contributed by atoms with Gasteiger partial charge in [0.05, 0.1) is 18.8 Å². The zero-order valence-electron chi connectivity index (χ0n) is 15.1. The third-order valence-electron chi connectivity index (χ3n) is 5.03. The van der Waals surface area contributed by atoms with Crippen LogP contribution >= 0.6 is 0 Å². The minimum atomic E-state index is -0.450. The van der Waals surface area contributed by atoms with Crippen LogP contribution < -0.4 is 11.1 Å². The van der Waals surface area contributed by atoms with Crippen molar-refractivity contribution in [2.45, 2.75) is 6.92 Å². The molecule has 0 bridgehead atoms. The van der Waals surface area contributed by atoms with E-state index in [0.29, 0.717) is 18.8 Å². The number of β-amino-alcohol motifs (C(OH)–C–C–N with tert-alkyl or cyclic N) is 1. The fourth-order valence-electron chi connectivity index (χ4n) is 3.77. The molecule has 1 amide bonds. The monoisotopic (exact) mass is 362 g/mol. The normalized spacial score (nSPS) is 13.7. The van der Waals surface area contributed by atoms with E-state index in [1.807, 2.05) is 53.1 Å². The second-order valence-electron chi connectivity index (χ2n) is 6.62. The van der Waals surface area contributed by atoms with E-state index in [2.05, 4.69) is 23.5 Å². The van der Waals surface area contributed by atoms with Gasteiger partial charge in [0.1, 0.15) is 5.82 Å². The molecular formula is C21H22N4O2. The van der Waals surface area contributed by atoms with Gasteiger partial charge in [-0.2, -0.15) is 0 Å². The maximum absolute atomic E-state index is 12.3. The molecule has 4 rings (SSSR count). The van der Waals surface area contributed by atoms with Crippen LogP contribution in [-0.4, -0.2) is 40.3 Å². The van der Waals surface area contributed by atoms with E-state index in [1.54, 1.807) is 0 Å². The predicted molar refractivity (Wildman–Crippen MR) is 107 cm³/mol. The number of aliphatic hydroxyl groups is 1. The maximum atomic E-state index is 12.3. The summed E-state index contributed by atoms with van der Waals surface area (Å²) >= 11 is 0. The number of hydrogen-bond acceptors (Lipinski definition) is 4. The largest absolute Gasteiger partial charge is 0.395 e. The van der Waals surface area contributed by atoms with Crippen molar-refractivity contribution < 1.29 is 9.90 Å². The Morgan fingerprint density at radius 3 is 2.74 bits per heavy atom. The van der Waals surface area contributed by atoms with E-state index in [0.717, 1.165) is 33.4 Å². The van der Waals surface area contributed by atoms with Gasteiger partial charge in [-0.25, -0.2) is 0 Å². The van der Waals surface area contributed by atoms with Gasteiger partial charge in [0, 0.05) is 30.2 Å². The highest BCUT2D eigenvalue weighted by Crippen LogP contribution is 2.35. The van der Waals surface area contributed by atoms with Gasteiger partial charge < -0.3 is 25.6 Å². The number of nitrogens with one attached hydrogen (secondary N) is 1. The van der Waals surface area contributed by atoms with Crippen molar-refractivity contribution in [2.75, 3.05) is 19.8 Å². The van der Waals surface area contributed by atoms with Crippen molar-refractivity contribution in [1.82, 2.24) is 14.8 Å². The summed E-state index contributed by atoms with van der Waals surface area (Å²) in [6.07, 6.45) is 3.85. The van der Waals surface area contributed by atoms with Gasteiger partial charge in [0.25, 0.3) is 5.91 Å². The number of nitrogens with two attached hydrogens (primary N) is 1. The topological polar surface area (TPSA) is 83.5 Å². The summed E-state index contributed by atoms with van der Waals surface area (Å²) in [6, 6.07) is 14.2. The minimum Gasteiger partial charge on any atom is -0.395 e. The van der Waals surface area contributed by atoms with Crippen molar-refractivity contribution in [2.24, 2.45) is 5.73 Å². The molecule has 0 radical (unpaired) electrons. The van der Waals surface area contributed by atoms with E-state index in [4.69, 9.17) is 5.73 Å². The number of rotatable bonds is 5. The second-order valence-corrected chi connectivity index (χ2v) is 6.62. The fraction of sp³-hybridized carbons (Fsp3) is 0.190. The van der Waals surface area contributed by atoms with Crippen molar-refractivity contribution in [3.05, 3.63) is 66.1 Å². The first kappa shape index (κ1) is 17.2. The van der Waals surface area contributed by atoms with Crippen LogP contribution in [0.4, 0.5) is 0 Å². The molecule has 0 unspecified atom stereocenters. The third-order valence-corrected chi connectivity index (χ3v) is 5.03. The lowest BCUT2D eigenvalue weighted by Crippen LogP contribution is -2.28. The number of amides is 1. The lowest BCUT2D eigenvalue weighted by Gasteiger charge is -2.21. The number of carbonyl (C=O) groups is 1. The standard InChI is InChI=1S/C21H22N4O2/c1-14-20(21(22)27)18(12-25(14)19-11-23-13-24(19)9-10-26)17-8-4-6-15-5-2-3-7-16(15)17/h2-8,11-12,23,26H,9-10,13H2,1H3,(H2,22,27). The Morgan fingerprint density at radius 2 is 1.96 bits per heavy atom. The number of nitrogens with zero attached hydrogens (tertiary/aromatic N) is 2. The van der Waals surface area contributed by atoms with Gasteiger partial charge in [-0.05, 0) is 23.3 Å². The molecule has 0 aliphatic carbocycles. The Bertz CT molecular complexity index is 1050. The van der Waals surface area contributed by atoms with Crippen molar-refractivity contribution >= 4 is 22.5 Å². The molecule has 6 heteroatoms. The Kier molecular flexibility index (Phi) is 4.33. The summed E-state index contributed by atoms with van der Waals surface area (Å²) in [5.41, 5.74) is 8.85. The first-order valence-electron chi connectivity index (χ1n) is 8.91. The molecule has 1 aliphatic heterocycles. The van der Waals surface area contributed by atoms with E-state index in [9.17, 15) is 9.90 Å². The van der Waals surface area contributed by atoms with Gasteiger partial charge >= 0.3 is 0 Å². The molecule has 3 aromatic rings. The van der Waals surface area contributed by atoms with E-state index in [1.165, 1.54) is 0 Å². The summed E-state index contributed by atoms with van der Waals surface area (Å²) in [5.74, 6) is 0.435. The van der Waals surface area contributed by atoms with E-state index in [-0.39, 0.29) is 6.61 Å². The molecule has 1 aromatic heterocycles. The van der Waals surface area contributed by atoms with Crippen LogP contribution in [0.5, 0.6) is 0 Å².